The number of amides is 2. The van der Waals surface area contributed by atoms with Crippen LogP contribution >= 0.6 is 0 Å². The number of rotatable bonds is 5. The number of hydrogen-bond acceptors (Lipinski definition) is 5. The molecule has 0 radical (unpaired) electrons. The molecule has 3 heterocycles. The molecule has 2 aliphatic heterocycles. The van der Waals surface area contributed by atoms with E-state index in [-0.39, 0.29) is 35.2 Å². The van der Waals surface area contributed by atoms with Crippen LogP contribution in [0.5, 0.6) is 0 Å². The van der Waals surface area contributed by atoms with E-state index in [9.17, 15) is 14.4 Å². The molecule has 3 N–H and O–H groups in total. The van der Waals surface area contributed by atoms with Crippen LogP contribution < -0.4 is 21.1 Å². The van der Waals surface area contributed by atoms with Gasteiger partial charge in [-0.3, -0.25) is 19.4 Å². The fraction of sp³-hybridized carbons (Fsp3) is 0.455. The fourth-order valence-electron chi connectivity index (χ4n) is 4.05. The SMILES string of the molecule is CC1CCN(c2nc3c(c(=O)[nH]2)[C@H](C(=O)NCCc2ccccc2)CC(=O)N3)CC1. The molecule has 1 saturated heterocycles. The number of H-pyrrole nitrogens is 1. The lowest BCUT2D eigenvalue weighted by Gasteiger charge is -2.31. The Morgan fingerprint density at radius 1 is 1.20 bits per heavy atom. The van der Waals surface area contributed by atoms with Crippen LogP contribution in [-0.2, 0) is 16.0 Å². The zero-order chi connectivity index (χ0) is 21.1. The van der Waals surface area contributed by atoms with Gasteiger partial charge in [0, 0.05) is 26.1 Å². The van der Waals surface area contributed by atoms with Crippen molar-refractivity contribution in [1.29, 1.82) is 0 Å². The number of fused-ring (bicyclic) bond motifs is 1. The maximum absolute atomic E-state index is 12.9. The lowest BCUT2D eigenvalue weighted by molar-refractivity contribution is -0.126. The summed E-state index contributed by atoms with van der Waals surface area (Å²) in [5.41, 5.74) is 0.984. The number of carbonyl (C=O) groups excluding carboxylic acids is 2. The van der Waals surface area contributed by atoms with Crippen LogP contribution in [0.25, 0.3) is 0 Å². The number of piperidine rings is 1. The highest BCUT2D eigenvalue weighted by molar-refractivity contribution is 6.00. The summed E-state index contributed by atoms with van der Waals surface area (Å²) in [6.45, 7) is 4.26. The van der Waals surface area contributed by atoms with E-state index in [0.717, 1.165) is 31.5 Å². The van der Waals surface area contributed by atoms with Crippen LogP contribution in [-0.4, -0.2) is 41.4 Å². The lowest BCUT2D eigenvalue weighted by Crippen LogP contribution is -2.41. The van der Waals surface area contributed by atoms with Crippen LogP contribution in [0.3, 0.4) is 0 Å². The summed E-state index contributed by atoms with van der Waals surface area (Å²) in [6, 6.07) is 9.83. The molecule has 8 heteroatoms. The second-order valence-corrected chi connectivity index (χ2v) is 8.15. The van der Waals surface area contributed by atoms with Crippen molar-refractivity contribution in [2.45, 2.75) is 38.5 Å². The molecule has 1 fully saturated rings. The third-order valence-electron chi connectivity index (χ3n) is 5.89. The molecule has 4 rings (SSSR count). The highest BCUT2D eigenvalue weighted by Crippen LogP contribution is 2.30. The summed E-state index contributed by atoms with van der Waals surface area (Å²) in [7, 11) is 0. The van der Waals surface area contributed by atoms with E-state index in [1.165, 1.54) is 0 Å². The molecule has 2 aliphatic rings. The Hall–Kier alpha value is -3.16. The van der Waals surface area contributed by atoms with E-state index in [1.54, 1.807) is 0 Å². The van der Waals surface area contributed by atoms with Crippen LogP contribution in [0, 0.1) is 5.92 Å². The van der Waals surface area contributed by atoms with Crippen LogP contribution in [0.2, 0.25) is 0 Å². The quantitative estimate of drug-likeness (QED) is 0.698. The van der Waals surface area contributed by atoms with Gasteiger partial charge in [0.2, 0.25) is 17.8 Å². The van der Waals surface area contributed by atoms with Gasteiger partial charge in [-0.15, -0.1) is 0 Å². The van der Waals surface area contributed by atoms with Gasteiger partial charge in [0.15, 0.2) is 0 Å². The summed E-state index contributed by atoms with van der Waals surface area (Å²) in [6.07, 6.45) is 2.67. The third-order valence-corrected chi connectivity index (χ3v) is 5.89. The molecule has 2 aromatic rings. The average Bonchev–Trinajstić information content (AvgIpc) is 2.74. The Kier molecular flexibility index (Phi) is 5.83. The molecule has 2 amide bonds. The molecule has 1 aromatic carbocycles. The third kappa shape index (κ3) is 4.37. The highest BCUT2D eigenvalue weighted by atomic mass is 16.2. The second-order valence-electron chi connectivity index (χ2n) is 8.15. The molecule has 0 unspecified atom stereocenters. The van der Waals surface area contributed by atoms with Gasteiger partial charge in [-0.05, 0) is 30.7 Å². The van der Waals surface area contributed by atoms with Gasteiger partial charge in [0.1, 0.15) is 5.82 Å². The zero-order valence-electron chi connectivity index (χ0n) is 17.1. The summed E-state index contributed by atoms with van der Waals surface area (Å²) in [5.74, 6) is -0.163. The van der Waals surface area contributed by atoms with Crippen molar-refractivity contribution in [3.05, 3.63) is 51.8 Å². The van der Waals surface area contributed by atoms with Crippen molar-refractivity contribution in [3.8, 4) is 0 Å². The normalized spacial score (nSPS) is 19.2. The first-order valence-corrected chi connectivity index (χ1v) is 10.5. The molecule has 0 spiro atoms. The van der Waals surface area contributed by atoms with Gasteiger partial charge in [-0.25, -0.2) is 0 Å². The Morgan fingerprint density at radius 2 is 1.93 bits per heavy atom. The molecular formula is C22H27N5O3. The number of benzene rings is 1. The Morgan fingerprint density at radius 3 is 2.67 bits per heavy atom. The molecule has 0 bridgehead atoms. The number of hydrogen-bond donors (Lipinski definition) is 3. The molecular weight excluding hydrogens is 382 g/mol. The van der Waals surface area contributed by atoms with Gasteiger partial charge in [0.25, 0.3) is 5.56 Å². The fourth-order valence-corrected chi connectivity index (χ4v) is 4.05. The smallest absolute Gasteiger partial charge is 0.258 e. The maximum atomic E-state index is 12.9. The van der Waals surface area contributed by atoms with E-state index in [2.05, 4.69) is 27.5 Å². The van der Waals surface area contributed by atoms with E-state index in [1.807, 2.05) is 35.2 Å². The number of aromatic nitrogens is 2. The number of aromatic amines is 1. The van der Waals surface area contributed by atoms with Gasteiger partial charge in [-0.1, -0.05) is 37.3 Å². The number of anilines is 2. The van der Waals surface area contributed by atoms with E-state index >= 15 is 0 Å². The lowest BCUT2D eigenvalue weighted by atomic mass is 9.92. The van der Waals surface area contributed by atoms with E-state index < -0.39 is 5.92 Å². The summed E-state index contributed by atoms with van der Waals surface area (Å²) in [5, 5.41) is 5.54. The number of nitrogens with zero attached hydrogens (tertiary/aromatic N) is 2. The summed E-state index contributed by atoms with van der Waals surface area (Å²) < 4.78 is 0. The first kappa shape index (κ1) is 20.1. The first-order valence-electron chi connectivity index (χ1n) is 10.5. The predicted molar refractivity (Wildman–Crippen MR) is 115 cm³/mol. The van der Waals surface area contributed by atoms with Crippen LogP contribution in [0.1, 0.15) is 43.2 Å². The summed E-state index contributed by atoms with van der Waals surface area (Å²) >= 11 is 0. The Balaban J connectivity index is 1.50. The molecule has 1 atom stereocenters. The molecule has 158 valence electrons. The monoisotopic (exact) mass is 409 g/mol. The molecule has 8 nitrogen and oxygen atoms in total. The first-order chi connectivity index (χ1) is 14.5. The van der Waals surface area contributed by atoms with Crippen molar-refractivity contribution in [1.82, 2.24) is 15.3 Å². The highest BCUT2D eigenvalue weighted by Gasteiger charge is 2.35. The van der Waals surface area contributed by atoms with Crippen molar-refractivity contribution >= 4 is 23.6 Å². The molecule has 0 aliphatic carbocycles. The van der Waals surface area contributed by atoms with Gasteiger partial charge >= 0.3 is 0 Å². The zero-order valence-corrected chi connectivity index (χ0v) is 17.1. The molecule has 0 saturated carbocycles. The van der Waals surface area contributed by atoms with Crippen LogP contribution in [0.4, 0.5) is 11.8 Å². The maximum Gasteiger partial charge on any atom is 0.258 e. The summed E-state index contributed by atoms with van der Waals surface area (Å²) in [4.78, 5) is 47.2. The number of carbonyl (C=O) groups is 2. The topological polar surface area (TPSA) is 107 Å². The molecule has 30 heavy (non-hydrogen) atoms. The standard InChI is InChI=1S/C22H27N5O3/c1-14-8-11-27(12-9-14)22-25-19-18(21(30)26-22)16(13-17(28)24-19)20(29)23-10-7-15-5-3-2-4-6-15/h2-6,14,16H,7-13H2,1H3,(H,23,29)(H2,24,25,26,28,30)/t16-/m1/s1. The van der Waals surface area contributed by atoms with Crippen molar-refractivity contribution < 1.29 is 9.59 Å². The minimum Gasteiger partial charge on any atom is -0.355 e. The number of nitrogens with one attached hydrogen (secondary N) is 3. The Bertz CT molecular complexity index is 980. The molecule has 1 aromatic heterocycles. The van der Waals surface area contributed by atoms with Crippen molar-refractivity contribution in [2.24, 2.45) is 5.92 Å². The van der Waals surface area contributed by atoms with Gasteiger partial charge in [0.05, 0.1) is 11.5 Å². The van der Waals surface area contributed by atoms with E-state index in [4.69, 9.17) is 0 Å². The van der Waals surface area contributed by atoms with E-state index in [0.29, 0.717) is 24.8 Å². The minimum atomic E-state index is -0.837. The predicted octanol–water partition coefficient (Wildman–Crippen LogP) is 1.79. The Labute approximate surface area is 175 Å². The van der Waals surface area contributed by atoms with Crippen molar-refractivity contribution in [3.63, 3.8) is 0 Å². The second kappa shape index (κ2) is 8.69. The average molecular weight is 409 g/mol. The van der Waals surface area contributed by atoms with Crippen molar-refractivity contribution in [2.75, 3.05) is 29.9 Å². The minimum absolute atomic E-state index is 0.0600. The largest absolute Gasteiger partial charge is 0.355 e. The van der Waals surface area contributed by atoms with Gasteiger partial charge < -0.3 is 15.5 Å². The van der Waals surface area contributed by atoms with Gasteiger partial charge in [-0.2, -0.15) is 4.98 Å². The van der Waals surface area contributed by atoms with Crippen LogP contribution in [0.15, 0.2) is 35.1 Å².